The van der Waals surface area contributed by atoms with E-state index in [2.05, 4.69) is 9.88 Å². The van der Waals surface area contributed by atoms with Crippen LogP contribution in [-0.4, -0.2) is 68.1 Å². The minimum Gasteiger partial charge on any atom is -0.492 e. The van der Waals surface area contributed by atoms with Crippen molar-refractivity contribution < 1.29 is 28.9 Å². The number of fused-ring (bicyclic) bond motifs is 1. The van der Waals surface area contributed by atoms with Crippen molar-refractivity contribution in [1.82, 2.24) is 19.7 Å². The monoisotopic (exact) mass is 532 g/mol. The molecule has 2 aromatic heterocycles. The fraction of sp³-hybridized carbons (Fsp3) is 0.241. The molecule has 3 heterocycles. The third-order valence-electron chi connectivity index (χ3n) is 6.12. The molecule has 0 radical (unpaired) electrons. The molecule has 0 atom stereocenters. The lowest BCUT2D eigenvalue weighted by Gasteiger charge is -2.26. The van der Waals surface area contributed by atoms with Crippen LogP contribution >= 0.6 is 0 Å². The van der Waals surface area contributed by atoms with E-state index in [0.29, 0.717) is 18.8 Å². The second-order valence-electron chi connectivity index (χ2n) is 8.90. The van der Waals surface area contributed by atoms with Crippen molar-refractivity contribution in [3.05, 3.63) is 84.8 Å². The third-order valence-corrected chi connectivity index (χ3v) is 6.12. The summed E-state index contributed by atoms with van der Waals surface area (Å²) in [6.45, 7) is 3.95. The number of halogens is 1. The summed E-state index contributed by atoms with van der Waals surface area (Å²) in [5, 5.41) is 21.4. The molecular formula is C29H29FN4O5. The molecule has 1 saturated heterocycles. The molecule has 0 aliphatic carbocycles. The molecule has 1 aliphatic rings. The van der Waals surface area contributed by atoms with Crippen molar-refractivity contribution in [2.75, 3.05) is 26.2 Å². The summed E-state index contributed by atoms with van der Waals surface area (Å²) in [7, 11) is 0. The second kappa shape index (κ2) is 13.3. The zero-order valence-corrected chi connectivity index (χ0v) is 21.2. The van der Waals surface area contributed by atoms with Gasteiger partial charge in [-0.25, -0.2) is 23.6 Å². The number of hydrogen-bond donors (Lipinski definition) is 2. The van der Waals surface area contributed by atoms with Crippen molar-refractivity contribution in [2.45, 2.75) is 19.3 Å². The lowest BCUT2D eigenvalue weighted by atomic mass is 10.1. The molecule has 0 saturated carbocycles. The highest BCUT2D eigenvalue weighted by Gasteiger charge is 2.15. The van der Waals surface area contributed by atoms with Gasteiger partial charge in [-0.05, 0) is 74.5 Å². The van der Waals surface area contributed by atoms with Gasteiger partial charge in [0.2, 0.25) is 0 Å². The van der Waals surface area contributed by atoms with E-state index in [0.717, 1.165) is 40.3 Å². The summed E-state index contributed by atoms with van der Waals surface area (Å²) in [5.41, 5.74) is 3.27. The SMILES string of the molecule is Fc1ccc(-c2nn(-c3cccc(OCCN4CCCCC4)c3)c3ncccc23)cc1.O=C(O)C=CC(=O)O. The van der Waals surface area contributed by atoms with Crippen molar-refractivity contribution in [1.29, 1.82) is 0 Å². The van der Waals surface area contributed by atoms with Crippen LogP contribution in [0.4, 0.5) is 4.39 Å². The fourth-order valence-corrected chi connectivity index (χ4v) is 4.28. The van der Waals surface area contributed by atoms with Gasteiger partial charge in [0, 0.05) is 41.9 Å². The number of likely N-dealkylation sites (tertiary alicyclic amines) is 1. The van der Waals surface area contributed by atoms with Crippen LogP contribution in [0.15, 0.2) is 79.0 Å². The molecule has 0 amide bonds. The van der Waals surface area contributed by atoms with Gasteiger partial charge in [0.05, 0.1) is 5.69 Å². The molecule has 5 rings (SSSR count). The number of benzene rings is 2. The summed E-state index contributed by atoms with van der Waals surface area (Å²) in [4.78, 5) is 26.1. The number of carboxylic acids is 2. The molecule has 1 fully saturated rings. The first-order valence-corrected chi connectivity index (χ1v) is 12.6. The maximum absolute atomic E-state index is 13.4. The summed E-state index contributed by atoms with van der Waals surface area (Å²) in [6.07, 6.45) is 6.78. The molecule has 0 unspecified atom stereocenters. The van der Waals surface area contributed by atoms with Gasteiger partial charge in [-0.3, -0.25) is 4.90 Å². The Bertz CT molecular complexity index is 1430. The lowest BCUT2D eigenvalue weighted by molar-refractivity contribution is -0.134. The van der Waals surface area contributed by atoms with E-state index in [1.807, 2.05) is 41.1 Å². The van der Waals surface area contributed by atoms with Crippen molar-refractivity contribution in [3.63, 3.8) is 0 Å². The molecule has 0 bridgehead atoms. The van der Waals surface area contributed by atoms with Crippen LogP contribution in [0, 0.1) is 5.82 Å². The number of nitrogens with zero attached hydrogens (tertiary/aromatic N) is 4. The standard InChI is InChI=1S/C25H25FN4O.C4H4O4/c26-20-11-9-19(10-12-20)24-23-8-5-13-27-25(23)30(28-24)21-6-4-7-22(18-21)31-17-16-29-14-2-1-3-15-29;5-3(6)1-2-4(7)8/h4-13,18H,1-3,14-17H2;1-2H,(H,5,6)(H,7,8). The number of rotatable bonds is 8. The normalized spacial score (nSPS) is 13.7. The molecule has 2 N–H and O–H groups in total. The Kier molecular flexibility index (Phi) is 9.36. The zero-order valence-electron chi connectivity index (χ0n) is 21.2. The van der Waals surface area contributed by atoms with Gasteiger partial charge in [-0.2, -0.15) is 5.10 Å². The number of ether oxygens (including phenoxy) is 1. The van der Waals surface area contributed by atoms with E-state index in [9.17, 15) is 14.0 Å². The van der Waals surface area contributed by atoms with E-state index < -0.39 is 11.9 Å². The number of pyridine rings is 1. The van der Waals surface area contributed by atoms with Crippen LogP contribution in [0.3, 0.4) is 0 Å². The number of carbonyl (C=O) groups is 2. The van der Waals surface area contributed by atoms with Crippen LogP contribution in [0.25, 0.3) is 28.0 Å². The molecule has 1 aliphatic heterocycles. The molecule has 4 aromatic rings. The summed E-state index contributed by atoms with van der Waals surface area (Å²) in [6, 6.07) is 18.2. The van der Waals surface area contributed by atoms with Gasteiger partial charge in [-0.1, -0.05) is 12.5 Å². The quantitative estimate of drug-likeness (QED) is 0.311. The lowest BCUT2D eigenvalue weighted by Crippen LogP contribution is -2.33. The van der Waals surface area contributed by atoms with Gasteiger partial charge in [0.15, 0.2) is 5.65 Å². The van der Waals surface area contributed by atoms with Crippen molar-refractivity contribution in [3.8, 4) is 22.7 Å². The Labute approximate surface area is 224 Å². The van der Waals surface area contributed by atoms with E-state index in [4.69, 9.17) is 20.0 Å². The molecule has 39 heavy (non-hydrogen) atoms. The van der Waals surface area contributed by atoms with Crippen LogP contribution in [-0.2, 0) is 9.59 Å². The average Bonchev–Trinajstić information content (AvgIpc) is 3.33. The summed E-state index contributed by atoms with van der Waals surface area (Å²) in [5.74, 6) is -1.96. The van der Waals surface area contributed by atoms with E-state index in [1.54, 1.807) is 18.3 Å². The van der Waals surface area contributed by atoms with Crippen LogP contribution in [0.2, 0.25) is 0 Å². The minimum atomic E-state index is -1.26. The van der Waals surface area contributed by atoms with E-state index in [1.165, 1.54) is 44.5 Å². The highest BCUT2D eigenvalue weighted by molar-refractivity contribution is 5.92. The molecule has 0 spiro atoms. The minimum absolute atomic E-state index is 0.264. The number of aromatic nitrogens is 3. The number of carboxylic acid groups (broad SMARTS) is 2. The molecule has 10 heteroatoms. The van der Waals surface area contributed by atoms with Crippen LogP contribution < -0.4 is 4.74 Å². The van der Waals surface area contributed by atoms with Gasteiger partial charge in [-0.15, -0.1) is 0 Å². The predicted octanol–water partition coefficient (Wildman–Crippen LogP) is 4.80. The van der Waals surface area contributed by atoms with Gasteiger partial charge < -0.3 is 14.9 Å². The Morgan fingerprint density at radius 3 is 2.36 bits per heavy atom. The smallest absolute Gasteiger partial charge is 0.328 e. The Morgan fingerprint density at radius 2 is 1.67 bits per heavy atom. The van der Waals surface area contributed by atoms with Gasteiger partial charge in [0.1, 0.15) is 23.9 Å². The topological polar surface area (TPSA) is 118 Å². The van der Waals surface area contributed by atoms with E-state index >= 15 is 0 Å². The largest absolute Gasteiger partial charge is 0.492 e. The predicted molar refractivity (Wildman–Crippen MR) is 144 cm³/mol. The molecular weight excluding hydrogens is 503 g/mol. The Hall–Kier alpha value is -4.57. The molecule has 2 aromatic carbocycles. The highest BCUT2D eigenvalue weighted by Crippen LogP contribution is 2.29. The average molecular weight is 533 g/mol. The van der Waals surface area contributed by atoms with Crippen molar-refractivity contribution >= 4 is 23.0 Å². The van der Waals surface area contributed by atoms with Crippen molar-refractivity contribution in [2.24, 2.45) is 0 Å². The number of piperidine rings is 1. The Balaban J connectivity index is 0.000000386. The summed E-state index contributed by atoms with van der Waals surface area (Å²) >= 11 is 0. The number of aliphatic carboxylic acids is 2. The number of hydrogen-bond acceptors (Lipinski definition) is 6. The first kappa shape index (κ1) is 27.5. The van der Waals surface area contributed by atoms with Gasteiger partial charge >= 0.3 is 11.9 Å². The second-order valence-corrected chi connectivity index (χ2v) is 8.90. The van der Waals surface area contributed by atoms with Crippen LogP contribution in [0.5, 0.6) is 5.75 Å². The zero-order chi connectivity index (χ0) is 27.6. The fourth-order valence-electron chi connectivity index (χ4n) is 4.28. The first-order chi connectivity index (χ1) is 18.9. The highest BCUT2D eigenvalue weighted by atomic mass is 19.1. The maximum atomic E-state index is 13.4. The van der Waals surface area contributed by atoms with Gasteiger partial charge in [0.25, 0.3) is 0 Å². The van der Waals surface area contributed by atoms with Crippen LogP contribution in [0.1, 0.15) is 19.3 Å². The first-order valence-electron chi connectivity index (χ1n) is 12.6. The molecule has 9 nitrogen and oxygen atoms in total. The third kappa shape index (κ3) is 7.71. The van der Waals surface area contributed by atoms with E-state index in [-0.39, 0.29) is 5.82 Å². The maximum Gasteiger partial charge on any atom is 0.328 e. The Morgan fingerprint density at radius 1 is 0.949 bits per heavy atom. The summed E-state index contributed by atoms with van der Waals surface area (Å²) < 4.78 is 21.3. The molecule has 202 valence electrons.